The molecule has 0 saturated carbocycles. The van der Waals surface area contributed by atoms with Crippen molar-refractivity contribution in [3.8, 4) is 0 Å². The van der Waals surface area contributed by atoms with Crippen LogP contribution in [-0.4, -0.2) is 57.1 Å². The fraction of sp³-hybridized carbons (Fsp3) is 0.324. The molecular formula is C34H40N10O4. The Balaban J connectivity index is 0.000000190. The van der Waals surface area contributed by atoms with Gasteiger partial charge in [-0.1, -0.05) is 51.0 Å². The summed E-state index contributed by atoms with van der Waals surface area (Å²) in [6, 6.07) is 14.9. The van der Waals surface area contributed by atoms with E-state index < -0.39 is 5.97 Å². The third kappa shape index (κ3) is 7.77. The third-order valence-electron chi connectivity index (χ3n) is 7.72. The van der Waals surface area contributed by atoms with Crippen molar-refractivity contribution >= 4 is 39.4 Å². The Bertz CT molecular complexity index is 2160. The predicted octanol–water partition coefficient (Wildman–Crippen LogP) is 3.48. The number of fused-ring (bicyclic) bond motifs is 2. The quantitative estimate of drug-likeness (QED) is 0.129. The largest absolute Gasteiger partial charge is 0.480 e. The Labute approximate surface area is 276 Å². The average molecular weight is 653 g/mol. The van der Waals surface area contributed by atoms with E-state index in [4.69, 9.17) is 10.8 Å². The number of nitrogens with one attached hydrogen (secondary N) is 3. The standard InChI is InChI=1S/C18H21N5O3.C16H19N5O/c1-3-4-13-16-17(23(2)22-13)18(26)21-14(20-16)9-11-5-7-12(8-6-11)19-10-15(24)25;1-3-4-12-14-15(21(2)20-12)16(22)19-13(18-14)9-10-5-7-11(17)8-6-10/h5-8,19H,3-4,9-10H2,1-2H3,(H,24,25)(H,20,21,26);5-8H,3-4,9,17H2,1-2H3,(H,18,19,22). The van der Waals surface area contributed by atoms with Crippen LogP contribution in [0.3, 0.4) is 0 Å². The van der Waals surface area contributed by atoms with Gasteiger partial charge in [-0.25, -0.2) is 9.97 Å². The van der Waals surface area contributed by atoms with Crippen LogP contribution in [0.5, 0.6) is 0 Å². The molecule has 0 bridgehead atoms. The SMILES string of the molecule is CCCc1nn(C)c2c(=O)[nH]c(Cc3ccc(N)cc3)nc12.CCCc1nn(C)c2c(=O)[nH]c(Cc3ccc(NCC(=O)O)cc3)nc12. The van der Waals surface area contributed by atoms with E-state index in [1.165, 1.54) is 0 Å². The van der Waals surface area contributed by atoms with Crippen molar-refractivity contribution in [2.45, 2.75) is 52.4 Å². The molecule has 0 atom stereocenters. The summed E-state index contributed by atoms with van der Waals surface area (Å²) in [5.41, 5.74) is 12.9. The molecule has 14 heteroatoms. The molecule has 48 heavy (non-hydrogen) atoms. The molecule has 6 aromatic rings. The van der Waals surface area contributed by atoms with Gasteiger partial charge in [-0.15, -0.1) is 0 Å². The van der Waals surface area contributed by atoms with Crippen LogP contribution < -0.4 is 22.2 Å². The minimum Gasteiger partial charge on any atom is -0.480 e. The van der Waals surface area contributed by atoms with E-state index in [1.54, 1.807) is 23.5 Å². The van der Waals surface area contributed by atoms with Gasteiger partial charge in [-0.3, -0.25) is 23.7 Å². The van der Waals surface area contributed by atoms with Crippen LogP contribution in [0, 0.1) is 0 Å². The van der Waals surface area contributed by atoms with Gasteiger partial charge in [0.25, 0.3) is 11.1 Å². The maximum Gasteiger partial charge on any atom is 0.322 e. The molecule has 6 rings (SSSR count). The van der Waals surface area contributed by atoms with Gasteiger partial charge >= 0.3 is 5.97 Å². The molecule has 4 heterocycles. The fourth-order valence-electron chi connectivity index (χ4n) is 5.51. The van der Waals surface area contributed by atoms with Gasteiger partial charge < -0.3 is 26.1 Å². The first kappa shape index (κ1) is 33.6. The molecule has 0 aliphatic rings. The van der Waals surface area contributed by atoms with Gasteiger partial charge in [0, 0.05) is 38.3 Å². The third-order valence-corrected chi connectivity index (χ3v) is 7.72. The van der Waals surface area contributed by atoms with Gasteiger partial charge in [0.2, 0.25) is 0 Å². The van der Waals surface area contributed by atoms with Gasteiger partial charge in [0.15, 0.2) is 11.0 Å². The van der Waals surface area contributed by atoms with E-state index in [-0.39, 0.29) is 17.7 Å². The molecule has 0 aliphatic heterocycles. The van der Waals surface area contributed by atoms with Gasteiger partial charge in [0.05, 0.1) is 11.4 Å². The van der Waals surface area contributed by atoms with Crippen LogP contribution in [-0.2, 0) is 44.6 Å². The number of nitrogens with zero attached hydrogens (tertiary/aromatic N) is 6. The molecule has 0 unspecified atom stereocenters. The molecule has 0 amide bonds. The summed E-state index contributed by atoms with van der Waals surface area (Å²) in [5, 5.41) is 20.3. The number of carboxylic acid groups (broad SMARTS) is 1. The lowest BCUT2D eigenvalue weighted by atomic mass is 10.1. The summed E-state index contributed by atoms with van der Waals surface area (Å²) < 4.78 is 3.19. The van der Waals surface area contributed by atoms with E-state index in [9.17, 15) is 14.4 Å². The number of hydrogen-bond acceptors (Lipinski definition) is 9. The van der Waals surface area contributed by atoms with Crippen molar-refractivity contribution in [3.63, 3.8) is 0 Å². The van der Waals surface area contributed by atoms with E-state index >= 15 is 0 Å². The van der Waals surface area contributed by atoms with Crippen LogP contribution in [0.15, 0.2) is 58.1 Å². The Morgan fingerprint density at radius 2 is 1.21 bits per heavy atom. The number of rotatable bonds is 11. The number of H-pyrrole nitrogens is 2. The molecule has 0 aliphatic carbocycles. The lowest BCUT2D eigenvalue weighted by Gasteiger charge is -2.06. The van der Waals surface area contributed by atoms with Crippen molar-refractivity contribution in [2.75, 3.05) is 17.6 Å². The number of aromatic amines is 2. The van der Waals surface area contributed by atoms with E-state index in [2.05, 4.69) is 49.3 Å². The average Bonchev–Trinajstić information content (AvgIpc) is 3.54. The number of hydrogen-bond donors (Lipinski definition) is 5. The van der Waals surface area contributed by atoms with E-state index in [0.717, 1.165) is 59.6 Å². The molecule has 0 radical (unpaired) electrons. The number of nitrogens with two attached hydrogens (primary N) is 1. The second-order valence-electron chi connectivity index (χ2n) is 11.6. The number of carbonyl (C=O) groups is 1. The number of aromatic nitrogens is 8. The number of aryl methyl sites for hydroxylation is 4. The summed E-state index contributed by atoms with van der Waals surface area (Å²) in [6.07, 6.45) is 4.53. The maximum atomic E-state index is 12.4. The van der Waals surface area contributed by atoms with Crippen molar-refractivity contribution in [2.24, 2.45) is 14.1 Å². The highest BCUT2D eigenvalue weighted by atomic mass is 16.4. The summed E-state index contributed by atoms with van der Waals surface area (Å²) in [4.78, 5) is 50.2. The Morgan fingerprint density at radius 1 is 0.771 bits per heavy atom. The molecule has 250 valence electrons. The number of nitrogen functional groups attached to an aromatic ring is 1. The van der Waals surface area contributed by atoms with Crippen molar-refractivity contribution < 1.29 is 9.90 Å². The van der Waals surface area contributed by atoms with E-state index in [0.29, 0.717) is 46.6 Å². The Morgan fingerprint density at radius 3 is 1.62 bits per heavy atom. The summed E-state index contributed by atoms with van der Waals surface area (Å²) in [5.74, 6) is 0.315. The summed E-state index contributed by atoms with van der Waals surface area (Å²) >= 11 is 0. The van der Waals surface area contributed by atoms with Crippen LogP contribution in [0.2, 0.25) is 0 Å². The molecule has 0 spiro atoms. The molecule has 0 fully saturated rings. The smallest absolute Gasteiger partial charge is 0.322 e. The van der Waals surface area contributed by atoms with Gasteiger partial charge in [0.1, 0.15) is 29.2 Å². The first-order chi connectivity index (χ1) is 23.1. The number of carboxylic acids is 1. The number of anilines is 2. The lowest BCUT2D eigenvalue weighted by Crippen LogP contribution is -2.14. The van der Waals surface area contributed by atoms with Crippen molar-refractivity contribution in [3.05, 3.63) is 103 Å². The first-order valence-corrected chi connectivity index (χ1v) is 15.8. The minimum atomic E-state index is -0.913. The van der Waals surface area contributed by atoms with Gasteiger partial charge in [-0.2, -0.15) is 10.2 Å². The second-order valence-corrected chi connectivity index (χ2v) is 11.6. The molecule has 4 aromatic heterocycles. The normalized spacial score (nSPS) is 11.1. The zero-order valence-corrected chi connectivity index (χ0v) is 27.5. The van der Waals surface area contributed by atoms with Crippen LogP contribution >= 0.6 is 0 Å². The summed E-state index contributed by atoms with van der Waals surface area (Å²) in [7, 11) is 3.53. The topological polar surface area (TPSA) is 202 Å². The molecule has 2 aromatic carbocycles. The van der Waals surface area contributed by atoms with E-state index in [1.807, 2.05) is 48.5 Å². The van der Waals surface area contributed by atoms with Crippen LogP contribution in [0.25, 0.3) is 22.1 Å². The molecular weight excluding hydrogens is 612 g/mol. The van der Waals surface area contributed by atoms with Crippen LogP contribution in [0.1, 0.15) is 60.9 Å². The highest BCUT2D eigenvalue weighted by Crippen LogP contribution is 2.17. The van der Waals surface area contributed by atoms with Gasteiger partial charge in [-0.05, 0) is 48.2 Å². The monoisotopic (exact) mass is 652 g/mol. The Kier molecular flexibility index (Phi) is 10.3. The molecule has 6 N–H and O–H groups in total. The highest BCUT2D eigenvalue weighted by molar-refractivity contribution is 5.77. The predicted molar refractivity (Wildman–Crippen MR) is 185 cm³/mol. The molecule has 0 saturated heterocycles. The highest BCUT2D eigenvalue weighted by Gasteiger charge is 2.16. The summed E-state index contributed by atoms with van der Waals surface area (Å²) in [6.45, 7) is 4.02. The maximum absolute atomic E-state index is 12.4. The van der Waals surface area contributed by atoms with Crippen molar-refractivity contribution in [1.82, 2.24) is 39.5 Å². The minimum absolute atomic E-state index is 0.133. The van der Waals surface area contributed by atoms with Crippen molar-refractivity contribution in [1.29, 1.82) is 0 Å². The number of benzene rings is 2. The van der Waals surface area contributed by atoms with Crippen LogP contribution in [0.4, 0.5) is 11.4 Å². The zero-order valence-electron chi connectivity index (χ0n) is 27.5. The second kappa shape index (κ2) is 14.8. The lowest BCUT2D eigenvalue weighted by molar-refractivity contribution is -0.134. The Hall–Kier alpha value is -5.79. The molecule has 14 nitrogen and oxygen atoms in total. The fourth-order valence-corrected chi connectivity index (χ4v) is 5.51. The zero-order chi connectivity index (χ0) is 34.4. The number of aliphatic carboxylic acids is 1. The first-order valence-electron chi connectivity index (χ1n) is 15.8.